The summed E-state index contributed by atoms with van der Waals surface area (Å²) in [5.74, 6) is -0.225. The summed E-state index contributed by atoms with van der Waals surface area (Å²) in [5.41, 5.74) is 4.79. The van der Waals surface area contributed by atoms with Crippen molar-refractivity contribution in [2.45, 2.75) is 25.3 Å². The number of carbonyl (C=O) groups excluding carboxylic acids is 2. The Morgan fingerprint density at radius 2 is 2.13 bits per heavy atom. The van der Waals surface area contributed by atoms with Gasteiger partial charge >= 0.3 is 6.03 Å². The molecule has 15 heavy (non-hydrogen) atoms. The first kappa shape index (κ1) is 11.9. The van der Waals surface area contributed by atoms with E-state index in [-0.39, 0.29) is 25.1 Å². The molecule has 0 spiro atoms. The topological polar surface area (TPSA) is 104 Å². The fourth-order valence-corrected chi connectivity index (χ4v) is 1.93. The average molecular weight is 215 g/mol. The lowest BCUT2D eigenvalue weighted by atomic mass is 10.1. The fourth-order valence-electron chi connectivity index (χ4n) is 1.93. The van der Waals surface area contributed by atoms with Gasteiger partial charge in [-0.2, -0.15) is 0 Å². The van der Waals surface area contributed by atoms with E-state index in [2.05, 4.69) is 5.32 Å². The van der Waals surface area contributed by atoms with E-state index in [1.165, 1.54) is 0 Å². The molecule has 0 bridgehead atoms. The van der Waals surface area contributed by atoms with Crippen molar-refractivity contribution in [1.82, 2.24) is 10.6 Å². The van der Waals surface area contributed by atoms with E-state index < -0.39 is 11.9 Å². The van der Waals surface area contributed by atoms with Crippen molar-refractivity contribution in [3.8, 4) is 0 Å². The zero-order chi connectivity index (χ0) is 11.3. The van der Waals surface area contributed by atoms with Crippen LogP contribution in [0.15, 0.2) is 0 Å². The maximum atomic E-state index is 11.1. The molecule has 0 heterocycles. The molecular formula is C9H17N3O3. The number of hydrogen-bond donors (Lipinski definition) is 4. The van der Waals surface area contributed by atoms with Gasteiger partial charge in [-0.25, -0.2) is 4.79 Å². The summed E-state index contributed by atoms with van der Waals surface area (Å²) in [5, 5.41) is 14.0. The molecule has 1 rings (SSSR count). The standard InChI is InChI=1S/C9H17N3O3/c10-9(15)12-8(14)4-11-7-3-1-2-6(7)5-13/h6-7,11,13H,1-5H2,(H3,10,12,14,15). The molecule has 6 heteroatoms. The number of urea groups is 1. The Balaban J connectivity index is 2.24. The maximum absolute atomic E-state index is 11.1. The summed E-state index contributed by atoms with van der Waals surface area (Å²) in [4.78, 5) is 21.4. The first-order valence-corrected chi connectivity index (χ1v) is 5.07. The lowest BCUT2D eigenvalue weighted by Crippen LogP contribution is -2.44. The third-order valence-corrected chi connectivity index (χ3v) is 2.68. The van der Waals surface area contributed by atoms with E-state index in [4.69, 9.17) is 10.8 Å². The summed E-state index contributed by atoms with van der Waals surface area (Å²) in [7, 11) is 0. The molecule has 86 valence electrons. The summed E-state index contributed by atoms with van der Waals surface area (Å²) >= 11 is 0. The smallest absolute Gasteiger partial charge is 0.318 e. The number of hydrogen-bond acceptors (Lipinski definition) is 4. The number of primary amides is 1. The third-order valence-electron chi connectivity index (χ3n) is 2.68. The van der Waals surface area contributed by atoms with Crippen LogP contribution in [0.1, 0.15) is 19.3 Å². The van der Waals surface area contributed by atoms with Crippen molar-refractivity contribution in [2.75, 3.05) is 13.2 Å². The molecule has 0 aliphatic heterocycles. The average Bonchev–Trinajstić information content (AvgIpc) is 2.60. The van der Waals surface area contributed by atoms with Crippen LogP contribution < -0.4 is 16.4 Å². The van der Waals surface area contributed by atoms with Gasteiger partial charge in [0.2, 0.25) is 5.91 Å². The predicted molar refractivity (Wildman–Crippen MR) is 53.9 cm³/mol. The highest BCUT2D eigenvalue weighted by Gasteiger charge is 2.26. The molecule has 1 fully saturated rings. The highest BCUT2D eigenvalue weighted by molar-refractivity contribution is 5.94. The van der Waals surface area contributed by atoms with Crippen LogP contribution in [0.4, 0.5) is 4.79 Å². The Bertz CT molecular complexity index is 245. The molecule has 1 aliphatic carbocycles. The zero-order valence-electron chi connectivity index (χ0n) is 8.53. The maximum Gasteiger partial charge on any atom is 0.318 e. The zero-order valence-corrected chi connectivity index (χ0v) is 8.53. The normalized spacial score (nSPS) is 25.1. The van der Waals surface area contributed by atoms with E-state index in [9.17, 15) is 9.59 Å². The van der Waals surface area contributed by atoms with Crippen LogP contribution in [0.25, 0.3) is 0 Å². The predicted octanol–water partition coefficient (Wildman–Crippen LogP) is -1.07. The van der Waals surface area contributed by atoms with Crippen LogP contribution in [0.3, 0.4) is 0 Å². The Labute approximate surface area is 88.2 Å². The van der Waals surface area contributed by atoms with Gasteiger partial charge in [0, 0.05) is 12.6 Å². The van der Waals surface area contributed by atoms with Crippen LogP contribution in [-0.2, 0) is 4.79 Å². The molecule has 2 atom stereocenters. The Hall–Kier alpha value is -1.14. The Morgan fingerprint density at radius 3 is 2.73 bits per heavy atom. The number of amides is 3. The third kappa shape index (κ3) is 3.85. The van der Waals surface area contributed by atoms with Crippen molar-refractivity contribution < 1.29 is 14.7 Å². The van der Waals surface area contributed by atoms with Crippen molar-refractivity contribution >= 4 is 11.9 Å². The molecule has 0 aromatic rings. The van der Waals surface area contributed by atoms with Crippen LogP contribution >= 0.6 is 0 Å². The molecule has 0 aromatic carbocycles. The fraction of sp³-hybridized carbons (Fsp3) is 0.778. The van der Waals surface area contributed by atoms with Crippen LogP contribution in [0.5, 0.6) is 0 Å². The molecule has 0 aromatic heterocycles. The number of carbonyl (C=O) groups is 2. The van der Waals surface area contributed by atoms with Crippen LogP contribution in [0, 0.1) is 5.92 Å². The van der Waals surface area contributed by atoms with Gasteiger partial charge in [0.05, 0.1) is 6.54 Å². The lowest BCUT2D eigenvalue weighted by molar-refractivity contribution is -0.119. The largest absolute Gasteiger partial charge is 0.396 e. The highest BCUT2D eigenvalue weighted by Crippen LogP contribution is 2.24. The van der Waals surface area contributed by atoms with Crippen molar-refractivity contribution in [3.05, 3.63) is 0 Å². The van der Waals surface area contributed by atoms with Gasteiger partial charge in [0.15, 0.2) is 0 Å². The minimum absolute atomic E-state index is 0.0596. The quantitative estimate of drug-likeness (QED) is 0.479. The van der Waals surface area contributed by atoms with Crippen molar-refractivity contribution in [2.24, 2.45) is 11.7 Å². The number of nitrogens with two attached hydrogens (primary N) is 1. The second-order valence-corrected chi connectivity index (χ2v) is 3.77. The number of aliphatic hydroxyl groups is 1. The Morgan fingerprint density at radius 1 is 1.40 bits per heavy atom. The van der Waals surface area contributed by atoms with Crippen LogP contribution in [-0.4, -0.2) is 36.2 Å². The molecular weight excluding hydrogens is 198 g/mol. The summed E-state index contributed by atoms with van der Waals surface area (Å²) in [6.45, 7) is 0.194. The molecule has 0 saturated heterocycles. The molecule has 0 radical (unpaired) electrons. The molecule has 1 aliphatic rings. The minimum atomic E-state index is -0.841. The summed E-state index contributed by atoms with van der Waals surface area (Å²) in [6.07, 6.45) is 2.99. The first-order valence-electron chi connectivity index (χ1n) is 5.07. The monoisotopic (exact) mass is 215 g/mol. The second-order valence-electron chi connectivity index (χ2n) is 3.77. The van der Waals surface area contributed by atoms with E-state index >= 15 is 0 Å². The SMILES string of the molecule is NC(=O)NC(=O)CNC1CCCC1CO. The second kappa shape index (κ2) is 5.67. The van der Waals surface area contributed by atoms with Crippen LogP contribution in [0.2, 0.25) is 0 Å². The molecule has 2 unspecified atom stereocenters. The van der Waals surface area contributed by atoms with Gasteiger partial charge in [-0.3, -0.25) is 10.1 Å². The molecule has 3 amide bonds. The number of imide groups is 1. The summed E-state index contributed by atoms with van der Waals surface area (Å²) < 4.78 is 0. The molecule has 6 nitrogen and oxygen atoms in total. The van der Waals surface area contributed by atoms with E-state index in [0.29, 0.717) is 0 Å². The van der Waals surface area contributed by atoms with Crippen molar-refractivity contribution in [3.63, 3.8) is 0 Å². The Kier molecular flexibility index (Phi) is 4.51. The van der Waals surface area contributed by atoms with Gasteiger partial charge in [0.1, 0.15) is 0 Å². The number of rotatable bonds is 4. The van der Waals surface area contributed by atoms with E-state index in [1.807, 2.05) is 5.32 Å². The number of aliphatic hydroxyl groups excluding tert-OH is 1. The number of nitrogens with one attached hydrogen (secondary N) is 2. The lowest BCUT2D eigenvalue weighted by Gasteiger charge is -2.18. The summed E-state index contributed by atoms with van der Waals surface area (Å²) in [6, 6.07) is -0.680. The molecule has 1 saturated carbocycles. The van der Waals surface area contributed by atoms with E-state index in [0.717, 1.165) is 19.3 Å². The van der Waals surface area contributed by atoms with Gasteiger partial charge in [-0.05, 0) is 18.8 Å². The van der Waals surface area contributed by atoms with Gasteiger partial charge in [-0.15, -0.1) is 0 Å². The van der Waals surface area contributed by atoms with E-state index in [1.54, 1.807) is 0 Å². The first-order chi connectivity index (χ1) is 7.13. The van der Waals surface area contributed by atoms with Crippen molar-refractivity contribution in [1.29, 1.82) is 0 Å². The van der Waals surface area contributed by atoms with Gasteiger partial charge in [-0.1, -0.05) is 6.42 Å². The minimum Gasteiger partial charge on any atom is -0.396 e. The molecule has 5 N–H and O–H groups in total. The van der Waals surface area contributed by atoms with Gasteiger partial charge < -0.3 is 16.2 Å². The highest BCUT2D eigenvalue weighted by atomic mass is 16.3. The van der Waals surface area contributed by atoms with Gasteiger partial charge in [0.25, 0.3) is 0 Å².